The van der Waals surface area contributed by atoms with E-state index in [4.69, 9.17) is 4.74 Å². The normalized spacial score (nSPS) is 12.1. The second-order valence-corrected chi connectivity index (χ2v) is 7.99. The van der Waals surface area contributed by atoms with Gasteiger partial charge in [0.15, 0.2) is 4.96 Å². The van der Waals surface area contributed by atoms with E-state index in [1.165, 1.54) is 16.9 Å². The highest BCUT2D eigenvalue weighted by molar-refractivity contribution is 7.15. The molecule has 0 N–H and O–H groups in total. The van der Waals surface area contributed by atoms with Gasteiger partial charge in [0.25, 0.3) is 5.56 Å². The van der Waals surface area contributed by atoms with Crippen LogP contribution in [0.4, 0.5) is 0 Å². The molecule has 142 valence electrons. The number of imidazole rings is 1. The maximum Gasteiger partial charge on any atom is 0.274 e. The first kappa shape index (κ1) is 17.6. The highest BCUT2D eigenvalue weighted by Gasteiger charge is 2.10. The van der Waals surface area contributed by atoms with Gasteiger partial charge in [-0.3, -0.25) is 4.79 Å². The summed E-state index contributed by atoms with van der Waals surface area (Å²) in [5.74, 6) is 0.803. The fourth-order valence-electron chi connectivity index (χ4n) is 3.27. The molecule has 2 heterocycles. The number of hydrogen-bond acceptors (Lipinski definition) is 4. The summed E-state index contributed by atoms with van der Waals surface area (Å²) >= 11 is 1.41. The van der Waals surface area contributed by atoms with Gasteiger partial charge in [-0.05, 0) is 48.4 Å². The van der Waals surface area contributed by atoms with E-state index in [-0.39, 0.29) is 5.56 Å². The van der Waals surface area contributed by atoms with E-state index in [9.17, 15) is 4.79 Å². The summed E-state index contributed by atoms with van der Waals surface area (Å²) in [4.78, 5) is 18.1. The Bertz CT molecular complexity index is 1410. The highest BCUT2D eigenvalue weighted by Crippen LogP contribution is 2.17. The summed E-state index contributed by atoms with van der Waals surface area (Å²) in [5.41, 5.74) is 4.99. The predicted octanol–water partition coefficient (Wildman–Crippen LogP) is 4.34. The Balaban J connectivity index is 1.40. The lowest BCUT2D eigenvalue weighted by Gasteiger charge is -2.06. The Morgan fingerprint density at radius 2 is 1.76 bits per heavy atom. The molecule has 0 aliphatic carbocycles. The molecule has 2 aromatic heterocycles. The van der Waals surface area contributed by atoms with Crippen LogP contribution in [0.15, 0.2) is 77.6 Å². The monoisotopic (exact) mass is 398 g/mol. The van der Waals surface area contributed by atoms with Crippen LogP contribution in [0.3, 0.4) is 0 Å². The van der Waals surface area contributed by atoms with Gasteiger partial charge in [-0.1, -0.05) is 65.4 Å². The van der Waals surface area contributed by atoms with E-state index in [0.717, 1.165) is 32.9 Å². The lowest BCUT2D eigenvalue weighted by Crippen LogP contribution is -2.22. The molecule has 5 aromatic rings. The van der Waals surface area contributed by atoms with Gasteiger partial charge in [0, 0.05) is 0 Å². The van der Waals surface area contributed by atoms with Gasteiger partial charge in [-0.25, -0.2) is 9.38 Å². The molecule has 0 spiro atoms. The van der Waals surface area contributed by atoms with E-state index >= 15 is 0 Å². The summed E-state index contributed by atoms with van der Waals surface area (Å²) in [5, 5.41) is 0. The lowest BCUT2D eigenvalue weighted by atomic mass is 10.2. The van der Waals surface area contributed by atoms with Crippen LogP contribution >= 0.6 is 11.3 Å². The summed E-state index contributed by atoms with van der Waals surface area (Å²) in [6.07, 6.45) is 1.90. The maximum absolute atomic E-state index is 12.8. The van der Waals surface area contributed by atoms with Crippen LogP contribution in [0.2, 0.25) is 0 Å². The number of aryl methyl sites for hydroxylation is 1. The fraction of sp³-hybridized carbons (Fsp3) is 0.0833. The Morgan fingerprint density at radius 1 is 1.00 bits per heavy atom. The minimum atomic E-state index is -0.0293. The van der Waals surface area contributed by atoms with Crippen LogP contribution in [0, 0.1) is 6.92 Å². The number of rotatable bonds is 4. The third-order valence-corrected chi connectivity index (χ3v) is 5.82. The number of aromatic nitrogens is 2. The third kappa shape index (κ3) is 3.41. The van der Waals surface area contributed by atoms with Crippen LogP contribution in [-0.4, -0.2) is 9.38 Å². The van der Waals surface area contributed by atoms with Gasteiger partial charge in [0.05, 0.1) is 15.6 Å². The third-order valence-electron chi connectivity index (χ3n) is 4.85. The van der Waals surface area contributed by atoms with E-state index in [0.29, 0.717) is 11.1 Å². The van der Waals surface area contributed by atoms with Crippen molar-refractivity contribution >= 4 is 33.4 Å². The molecule has 29 heavy (non-hydrogen) atoms. The average Bonchev–Trinajstić information content (AvgIpc) is 3.25. The Labute approximate surface area is 171 Å². The SMILES string of the molecule is Cc1ccc(COc2ccc(C=c3sc4nc5ccccc5n4c3=O)cc2)cc1. The van der Waals surface area contributed by atoms with Crippen molar-refractivity contribution in [3.63, 3.8) is 0 Å². The van der Waals surface area contributed by atoms with Gasteiger partial charge >= 0.3 is 0 Å². The van der Waals surface area contributed by atoms with Crippen molar-refractivity contribution in [2.75, 3.05) is 0 Å². The molecule has 4 nitrogen and oxygen atoms in total. The van der Waals surface area contributed by atoms with Crippen molar-refractivity contribution in [3.8, 4) is 5.75 Å². The van der Waals surface area contributed by atoms with E-state index in [2.05, 4.69) is 36.2 Å². The number of hydrogen-bond donors (Lipinski definition) is 0. The van der Waals surface area contributed by atoms with Gasteiger partial charge in [-0.15, -0.1) is 0 Å². The molecule has 0 amide bonds. The molecule has 0 aliphatic rings. The van der Waals surface area contributed by atoms with Crippen molar-refractivity contribution in [1.82, 2.24) is 9.38 Å². The quantitative estimate of drug-likeness (QED) is 0.452. The van der Waals surface area contributed by atoms with E-state index in [1.54, 1.807) is 4.40 Å². The van der Waals surface area contributed by atoms with E-state index in [1.807, 2.05) is 54.6 Å². The number of thiazole rings is 1. The minimum absolute atomic E-state index is 0.0293. The van der Waals surface area contributed by atoms with Crippen LogP contribution in [0.1, 0.15) is 16.7 Å². The number of benzene rings is 3. The van der Waals surface area contributed by atoms with E-state index < -0.39 is 0 Å². The molecular formula is C24H18N2O2S. The minimum Gasteiger partial charge on any atom is -0.489 e. The van der Waals surface area contributed by atoms with Crippen LogP contribution in [0.25, 0.3) is 22.1 Å². The van der Waals surface area contributed by atoms with Crippen molar-refractivity contribution < 1.29 is 4.74 Å². The molecular weight excluding hydrogens is 380 g/mol. The first-order chi connectivity index (χ1) is 14.2. The zero-order valence-electron chi connectivity index (χ0n) is 15.8. The molecule has 3 aromatic carbocycles. The van der Waals surface area contributed by atoms with Crippen molar-refractivity contribution in [3.05, 3.63) is 104 Å². The standard InChI is InChI=1S/C24H18N2O2S/c1-16-6-8-18(9-7-16)15-28-19-12-10-17(11-13-19)14-22-23(27)26-21-5-3-2-4-20(21)25-24(26)29-22/h2-14H,15H2,1H3. The fourth-order valence-corrected chi connectivity index (χ4v) is 4.26. The molecule has 0 aliphatic heterocycles. The molecule has 0 saturated carbocycles. The molecule has 0 saturated heterocycles. The molecule has 0 bridgehead atoms. The Morgan fingerprint density at radius 3 is 2.55 bits per heavy atom. The lowest BCUT2D eigenvalue weighted by molar-refractivity contribution is 0.306. The predicted molar refractivity (Wildman–Crippen MR) is 118 cm³/mol. The van der Waals surface area contributed by atoms with Crippen molar-refractivity contribution in [2.45, 2.75) is 13.5 Å². The molecule has 0 atom stereocenters. The van der Waals surface area contributed by atoms with Crippen molar-refractivity contribution in [2.24, 2.45) is 0 Å². The Kier molecular flexibility index (Phi) is 4.37. The van der Waals surface area contributed by atoms with Gasteiger partial charge in [-0.2, -0.15) is 0 Å². The Hall–Kier alpha value is -3.44. The van der Waals surface area contributed by atoms with Crippen molar-refractivity contribution in [1.29, 1.82) is 0 Å². The molecule has 0 fully saturated rings. The van der Waals surface area contributed by atoms with Gasteiger partial charge in [0.2, 0.25) is 0 Å². The number of fused-ring (bicyclic) bond motifs is 3. The maximum atomic E-state index is 12.8. The topological polar surface area (TPSA) is 43.6 Å². The summed E-state index contributed by atoms with van der Waals surface area (Å²) in [6.45, 7) is 2.60. The van der Waals surface area contributed by atoms with Crippen LogP contribution in [-0.2, 0) is 6.61 Å². The zero-order chi connectivity index (χ0) is 19.8. The molecule has 5 rings (SSSR count). The number of para-hydroxylation sites is 2. The number of nitrogens with zero attached hydrogens (tertiary/aromatic N) is 2. The summed E-state index contributed by atoms with van der Waals surface area (Å²) in [7, 11) is 0. The first-order valence-electron chi connectivity index (χ1n) is 9.37. The first-order valence-corrected chi connectivity index (χ1v) is 10.2. The summed E-state index contributed by atoms with van der Waals surface area (Å²) < 4.78 is 8.22. The average molecular weight is 398 g/mol. The smallest absolute Gasteiger partial charge is 0.274 e. The van der Waals surface area contributed by atoms with Gasteiger partial charge < -0.3 is 4.74 Å². The van der Waals surface area contributed by atoms with Crippen LogP contribution in [0.5, 0.6) is 5.75 Å². The molecule has 0 radical (unpaired) electrons. The molecule has 5 heteroatoms. The summed E-state index contributed by atoms with van der Waals surface area (Å²) in [6, 6.07) is 23.8. The zero-order valence-corrected chi connectivity index (χ0v) is 16.6. The second kappa shape index (κ2) is 7.18. The van der Waals surface area contributed by atoms with Crippen LogP contribution < -0.4 is 14.8 Å². The second-order valence-electron chi connectivity index (χ2n) is 6.98. The van der Waals surface area contributed by atoms with Gasteiger partial charge in [0.1, 0.15) is 12.4 Å². The highest BCUT2D eigenvalue weighted by atomic mass is 32.1. The molecule has 0 unspecified atom stereocenters. The largest absolute Gasteiger partial charge is 0.489 e. The number of ether oxygens (including phenoxy) is 1.